The Morgan fingerprint density at radius 2 is 1.79 bits per heavy atom. The van der Waals surface area contributed by atoms with Crippen molar-refractivity contribution >= 4 is 16.0 Å². The Balaban J connectivity index is 1.49. The normalized spacial score (nSPS) is 22.9. The summed E-state index contributed by atoms with van der Waals surface area (Å²) in [5.41, 5.74) is 1.95. The smallest absolute Gasteiger partial charge is 0.306 e. The summed E-state index contributed by atoms with van der Waals surface area (Å²) < 4.78 is 40.0. The second-order valence-corrected chi connectivity index (χ2v) is 13.2. The fourth-order valence-corrected chi connectivity index (χ4v) is 7.24. The van der Waals surface area contributed by atoms with Crippen LogP contribution in [0.2, 0.25) is 0 Å². The fourth-order valence-electron chi connectivity index (χ4n) is 5.62. The lowest BCUT2D eigenvalue weighted by molar-refractivity contribution is -0.151. The molecule has 2 aliphatic rings. The molecule has 2 aromatic rings. The maximum Gasteiger partial charge on any atom is 0.306 e. The first-order chi connectivity index (χ1) is 18.1. The first-order valence-corrected chi connectivity index (χ1v) is 15.2. The predicted molar refractivity (Wildman–Crippen MR) is 146 cm³/mol. The van der Waals surface area contributed by atoms with Gasteiger partial charge in [-0.1, -0.05) is 61.9 Å². The van der Waals surface area contributed by atoms with Crippen LogP contribution in [0.1, 0.15) is 50.7 Å². The highest BCUT2D eigenvalue weighted by molar-refractivity contribution is 7.89. The zero-order valence-corrected chi connectivity index (χ0v) is 23.5. The number of carbonyl (C=O) groups excluding carboxylic acids is 1. The lowest BCUT2D eigenvalue weighted by Crippen LogP contribution is -2.43. The van der Waals surface area contributed by atoms with Gasteiger partial charge in [0.2, 0.25) is 10.0 Å². The number of carbonyl (C=O) groups is 1. The van der Waals surface area contributed by atoms with E-state index in [-0.39, 0.29) is 48.5 Å². The molecule has 1 aliphatic carbocycles. The molecule has 1 saturated carbocycles. The van der Waals surface area contributed by atoms with Crippen LogP contribution in [0.25, 0.3) is 0 Å². The summed E-state index contributed by atoms with van der Waals surface area (Å²) in [6, 6.07) is 16.4. The van der Waals surface area contributed by atoms with Crippen LogP contribution in [-0.4, -0.2) is 61.8 Å². The average molecular weight is 544 g/mol. The third-order valence-electron chi connectivity index (χ3n) is 7.64. The average Bonchev–Trinajstić information content (AvgIpc) is 3.45. The van der Waals surface area contributed by atoms with E-state index in [1.165, 1.54) is 4.31 Å². The van der Waals surface area contributed by atoms with Crippen molar-refractivity contribution in [2.24, 2.45) is 17.8 Å². The molecule has 4 rings (SSSR count). The molecule has 0 aromatic heterocycles. The number of aliphatic hydroxyl groups is 1. The molecule has 0 radical (unpaired) electrons. The fraction of sp³-hybridized carbons (Fsp3) is 0.567. The number of rotatable bonds is 12. The number of nitrogens with zero attached hydrogens (tertiary/aromatic N) is 1. The number of hydrogen-bond donors (Lipinski definition) is 1. The van der Waals surface area contributed by atoms with Gasteiger partial charge in [-0.25, -0.2) is 8.42 Å². The highest BCUT2D eigenvalue weighted by Crippen LogP contribution is 2.37. The topological polar surface area (TPSA) is 93.1 Å². The van der Waals surface area contributed by atoms with E-state index in [0.717, 1.165) is 37.0 Å². The lowest BCUT2D eigenvalue weighted by atomic mass is 9.90. The molecule has 2 aromatic carbocycles. The predicted octanol–water partition coefficient (Wildman–Crippen LogP) is 4.36. The molecule has 0 bridgehead atoms. The van der Waals surface area contributed by atoms with E-state index < -0.39 is 22.0 Å². The first-order valence-electron chi connectivity index (χ1n) is 13.7. The SMILES string of the molecule is Cc1ccc(S(=O)(=O)N(CC(C)C)C[C@@H](O)[C@@H](CC(=O)OC2CC3CCO[C@@H]3C2)Cc2ccccc2)cc1. The molecule has 1 heterocycles. The van der Waals surface area contributed by atoms with Crippen LogP contribution in [0.15, 0.2) is 59.5 Å². The van der Waals surface area contributed by atoms with Crippen molar-refractivity contribution in [2.75, 3.05) is 19.7 Å². The molecule has 8 heteroatoms. The molecule has 208 valence electrons. The maximum absolute atomic E-state index is 13.6. The van der Waals surface area contributed by atoms with E-state index in [4.69, 9.17) is 9.47 Å². The van der Waals surface area contributed by atoms with Gasteiger partial charge in [0, 0.05) is 32.0 Å². The number of fused-ring (bicyclic) bond motifs is 1. The summed E-state index contributed by atoms with van der Waals surface area (Å²) in [7, 11) is -3.83. The van der Waals surface area contributed by atoms with Crippen LogP contribution in [0.3, 0.4) is 0 Å². The quantitative estimate of drug-likeness (QED) is 0.400. The number of aryl methyl sites for hydroxylation is 1. The van der Waals surface area contributed by atoms with Crippen molar-refractivity contribution in [1.82, 2.24) is 4.31 Å². The van der Waals surface area contributed by atoms with Crippen LogP contribution < -0.4 is 0 Å². The van der Waals surface area contributed by atoms with E-state index in [2.05, 4.69) is 0 Å². The molecule has 7 nitrogen and oxygen atoms in total. The Hall–Kier alpha value is -2.26. The van der Waals surface area contributed by atoms with E-state index >= 15 is 0 Å². The van der Waals surface area contributed by atoms with Crippen LogP contribution >= 0.6 is 0 Å². The zero-order valence-electron chi connectivity index (χ0n) is 22.7. The molecule has 0 spiro atoms. The first kappa shape index (κ1) is 28.7. The minimum Gasteiger partial charge on any atom is -0.462 e. The Morgan fingerprint density at radius 1 is 1.08 bits per heavy atom. The van der Waals surface area contributed by atoms with Gasteiger partial charge in [-0.15, -0.1) is 0 Å². The van der Waals surface area contributed by atoms with E-state index in [9.17, 15) is 18.3 Å². The van der Waals surface area contributed by atoms with Crippen molar-refractivity contribution in [1.29, 1.82) is 0 Å². The van der Waals surface area contributed by atoms with Crippen LogP contribution in [0.5, 0.6) is 0 Å². The maximum atomic E-state index is 13.6. The molecule has 5 atom stereocenters. The lowest BCUT2D eigenvalue weighted by Gasteiger charge is -2.30. The van der Waals surface area contributed by atoms with E-state index in [1.54, 1.807) is 24.3 Å². The molecule has 1 aliphatic heterocycles. The van der Waals surface area contributed by atoms with Gasteiger partial charge in [0.15, 0.2) is 0 Å². The third-order valence-corrected chi connectivity index (χ3v) is 9.48. The summed E-state index contributed by atoms with van der Waals surface area (Å²) in [5, 5.41) is 11.4. The monoisotopic (exact) mass is 543 g/mol. The van der Waals surface area contributed by atoms with E-state index in [1.807, 2.05) is 51.1 Å². The highest BCUT2D eigenvalue weighted by atomic mass is 32.2. The molecular weight excluding hydrogens is 502 g/mol. The Kier molecular flexibility index (Phi) is 9.63. The van der Waals surface area contributed by atoms with Crippen molar-refractivity contribution in [3.63, 3.8) is 0 Å². The minimum absolute atomic E-state index is 0.0167. The number of esters is 1. The van der Waals surface area contributed by atoms with Gasteiger partial charge in [-0.3, -0.25) is 4.79 Å². The second-order valence-electron chi connectivity index (χ2n) is 11.3. The second kappa shape index (κ2) is 12.7. The number of sulfonamides is 1. The molecule has 0 amide bonds. The molecule has 1 N–H and O–H groups in total. The summed E-state index contributed by atoms with van der Waals surface area (Å²) in [6.07, 6.45) is 1.97. The van der Waals surface area contributed by atoms with Crippen molar-refractivity contribution < 1.29 is 27.8 Å². The minimum atomic E-state index is -3.83. The van der Waals surface area contributed by atoms with Gasteiger partial charge in [0.1, 0.15) is 6.10 Å². The van der Waals surface area contributed by atoms with E-state index in [0.29, 0.717) is 12.3 Å². The molecule has 38 heavy (non-hydrogen) atoms. The summed E-state index contributed by atoms with van der Waals surface area (Å²) >= 11 is 0. The van der Waals surface area contributed by atoms with Crippen LogP contribution in [-0.2, 0) is 30.7 Å². The number of aliphatic hydroxyl groups excluding tert-OH is 1. The third kappa shape index (κ3) is 7.44. The van der Waals surface area contributed by atoms with Gasteiger partial charge in [-0.05, 0) is 55.7 Å². The van der Waals surface area contributed by atoms with Gasteiger partial charge >= 0.3 is 5.97 Å². The van der Waals surface area contributed by atoms with Crippen molar-refractivity contribution in [2.45, 2.75) is 76.1 Å². The Morgan fingerprint density at radius 3 is 2.45 bits per heavy atom. The van der Waals surface area contributed by atoms with Gasteiger partial charge in [-0.2, -0.15) is 4.31 Å². The summed E-state index contributed by atoms with van der Waals surface area (Å²) in [6.45, 7) is 6.75. The number of hydrogen-bond acceptors (Lipinski definition) is 6. The van der Waals surface area contributed by atoms with Crippen molar-refractivity contribution in [3.05, 3.63) is 65.7 Å². The molecule has 2 fully saturated rings. The summed E-state index contributed by atoms with van der Waals surface area (Å²) in [4.78, 5) is 13.2. The molecular formula is C30H41NO6S. The number of ether oxygens (including phenoxy) is 2. The van der Waals surface area contributed by atoms with Crippen molar-refractivity contribution in [3.8, 4) is 0 Å². The number of benzene rings is 2. The van der Waals surface area contributed by atoms with Crippen LogP contribution in [0.4, 0.5) is 0 Å². The van der Waals surface area contributed by atoms with Gasteiger partial charge in [0.05, 0.1) is 23.5 Å². The molecule has 2 unspecified atom stereocenters. The highest BCUT2D eigenvalue weighted by Gasteiger charge is 2.40. The molecule has 1 saturated heterocycles. The van der Waals surface area contributed by atoms with Crippen LogP contribution in [0, 0.1) is 24.7 Å². The zero-order chi connectivity index (χ0) is 27.3. The van der Waals surface area contributed by atoms with Gasteiger partial charge < -0.3 is 14.6 Å². The van der Waals surface area contributed by atoms with Gasteiger partial charge in [0.25, 0.3) is 0 Å². The largest absolute Gasteiger partial charge is 0.462 e. The Labute approximate surface area is 227 Å². The summed E-state index contributed by atoms with van der Waals surface area (Å²) in [5.74, 6) is -0.337. The Bertz CT molecular complexity index is 1140. The standard InChI is InChI=1S/C30H41NO6S/c1-21(2)19-31(38(34,35)27-11-9-22(3)10-12-27)20-28(32)25(15-23-7-5-4-6-8-23)17-30(33)37-26-16-24-13-14-36-29(24)18-26/h4-12,21,24-26,28-29,32H,13-20H2,1-3H3/t24?,25-,26?,28-,29-/m1/s1.